The SMILES string of the molecule is O=C1NNC(=O)C1CC(=O)N1CCCCCC1. The van der Waals surface area contributed by atoms with Crippen LogP contribution in [0.4, 0.5) is 0 Å². The first-order chi connectivity index (χ1) is 8.18. The summed E-state index contributed by atoms with van der Waals surface area (Å²) in [6.45, 7) is 1.49. The van der Waals surface area contributed by atoms with Gasteiger partial charge in [-0.15, -0.1) is 0 Å². The number of carbonyl (C=O) groups is 3. The number of nitrogens with zero attached hydrogens (tertiary/aromatic N) is 1. The van der Waals surface area contributed by atoms with E-state index in [1.165, 1.54) is 0 Å². The van der Waals surface area contributed by atoms with Gasteiger partial charge in [0, 0.05) is 19.5 Å². The largest absolute Gasteiger partial charge is 0.343 e. The van der Waals surface area contributed by atoms with Crippen molar-refractivity contribution in [2.75, 3.05) is 13.1 Å². The van der Waals surface area contributed by atoms with Crippen molar-refractivity contribution in [3.63, 3.8) is 0 Å². The van der Waals surface area contributed by atoms with E-state index in [0.717, 1.165) is 38.8 Å². The van der Waals surface area contributed by atoms with Crippen molar-refractivity contribution in [1.29, 1.82) is 0 Å². The highest BCUT2D eigenvalue weighted by Crippen LogP contribution is 2.14. The first kappa shape index (κ1) is 11.9. The van der Waals surface area contributed by atoms with Crippen molar-refractivity contribution < 1.29 is 14.4 Å². The summed E-state index contributed by atoms with van der Waals surface area (Å²) in [5, 5.41) is 0. The Kier molecular flexibility index (Phi) is 3.61. The molecule has 0 aromatic heterocycles. The lowest BCUT2D eigenvalue weighted by Gasteiger charge is -2.20. The molecule has 6 nitrogen and oxygen atoms in total. The second kappa shape index (κ2) is 5.16. The molecule has 0 unspecified atom stereocenters. The summed E-state index contributed by atoms with van der Waals surface area (Å²) in [4.78, 5) is 36.3. The highest BCUT2D eigenvalue weighted by Gasteiger charge is 2.35. The van der Waals surface area contributed by atoms with Gasteiger partial charge in [0.15, 0.2) is 0 Å². The maximum Gasteiger partial charge on any atom is 0.251 e. The van der Waals surface area contributed by atoms with Crippen molar-refractivity contribution in [1.82, 2.24) is 15.8 Å². The Balaban J connectivity index is 1.91. The summed E-state index contributed by atoms with van der Waals surface area (Å²) in [5.74, 6) is -1.76. The predicted octanol–water partition coefficient (Wildman–Crippen LogP) is -0.444. The van der Waals surface area contributed by atoms with Crippen LogP contribution in [0.5, 0.6) is 0 Å². The molecule has 0 aliphatic carbocycles. The number of carbonyl (C=O) groups excluding carboxylic acids is 3. The predicted molar refractivity (Wildman–Crippen MR) is 59.4 cm³/mol. The van der Waals surface area contributed by atoms with E-state index < -0.39 is 17.7 Å². The van der Waals surface area contributed by atoms with Gasteiger partial charge in [-0.3, -0.25) is 25.2 Å². The Hall–Kier alpha value is -1.59. The molecule has 2 fully saturated rings. The normalized spacial score (nSPS) is 22.0. The fourth-order valence-electron chi connectivity index (χ4n) is 2.23. The second-order valence-corrected chi connectivity index (χ2v) is 4.53. The third-order valence-electron chi connectivity index (χ3n) is 3.28. The van der Waals surface area contributed by atoms with Gasteiger partial charge in [0.25, 0.3) is 11.8 Å². The lowest BCUT2D eigenvalue weighted by molar-refractivity contribution is -0.138. The Morgan fingerprint density at radius 1 is 1.06 bits per heavy atom. The highest BCUT2D eigenvalue weighted by atomic mass is 16.2. The molecule has 2 aliphatic heterocycles. The summed E-state index contributed by atoms with van der Waals surface area (Å²) >= 11 is 0. The summed E-state index contributed by atoms with van der Waals surface area (Å²) in [6.07, 6.45) is 4.30. The van der Waals surface area contributed by atoms with Crippen LogP contribution in [0.3, 0.4) is 0 Å². The second-order valence-electron chi connectivity index (χ2n) is 4.53. The zero-order valence-electron chi connectivity index (χ0n) is 9.70. The summed E-state index contributed by atoms with van der Waals surface area (Å²) in [7, 11) is 0. The van der Waals surface area contributed by atoms with Gasteiger partial charge in [-0.05, 0) is 12.8 Å². The van der Waals surface area contributed by atoms with Crippen LogP contribution in [0.15, 0.2) is 0 Å². The monoisotopic (exact) mass is 239 g/mol. The molecule has 94 valence electrons. The van der Waals surface area contributed by atoms with E-state index in [9.17, 15) is 14.4 Å². The van der Waals surface area contributed by atoms with Crippen LogP contribution in [0.2, 0.25) is 0 Å². The minimum absolute atomic E-state index is 0.0162. The molecule has 0 atom stereocenters. The smallest absolute Gasteiger partial charge is 0.251 e. The molecular weight excluding hydrogens is 222 g/mol. The maximum atomic E-state index is 12.0. The molecule has 2 saturated heterocycles. The lowest BCUT2D eigenvalue weighted by Crippen LogP contribution is -2.35. The number of rotatable bonds is 2. The van der Waals surface area contributed by atoms with Crippen molar-refractivity contribution in [3.05, 3.63) is 0 Å². The highest BCUT2D eigenvalue weighted by molar-refractivity contribution is 6.07. The Morgan fingerprint density at radius 3 is 2.12 bits per heavy atom. The quantitative estimate of drug-likeness (QED) is 0.641. The number of likely N-dealkylation sites (tertiary alicyclic amines) is 1. The standard InChI is InChI=1S/C11H17N3O3/c15-9(14-5-3-1-2-4-6-14)7-8-10(16)12-13-11(8)17/h8H,1-7H2,(H,12,16)(H,13,17). The zero-order valence-corrected chi connectivity index (χ0v) is 9.70. The molecule has 17 heavy (non-hydrogen) atoms. The van der Waals surface area contributed by atoms with Crippen molar-refractivity contribution in [2.24, 2.45) is 5.92 Å². The van der Waals surface area contributed by atoms with Gasteiger partial charge in [-0.2, -0.15) is 0 Å². The third kappa shape index (κ3) is 2.75. The van der Waals surface area contributed by atoms with Crippen molar-refractivity contribution in [3.8, 4) is 0 Å². The van der Waals surface area contributed by atoms with Crippen LogP contribution in [-0.2, 0) is 14.4 Å². The number of hydrogen-bond acceptors (Lipinski definition) is 3. The van der Waals surface area contributed by atoms with E-state index in [1.807, 2.05) is 0 Å². The fourth-order valence-corrected chi connectivity index (χ4v) is 2.23. The lowest BCUT2D eigenvalue weighted by atomic mass is 10.0. The Morgan fingerprint density at radius 2 is 1.59 bits per heavy atom. The molecule has 0 aromatic carbocycles. The molecule has 6 heteroatoms. The molecule has 0 radical (unpaired) electrons. The number of amides is 3. The van der Waals surface area contributed by atoms with E-state index in [1.54, 1.807) is 4.90 Å². The van der Waals surface area contributed by atoms with Gasteiger partial charge in [0.05, 0.1) is 0 Å². The number of hydrazine groups is 1. The molecule has 2 aliphatic rings. The van der Waals surface area contributed by atoms with Crippen LogP contribution < -0.4 is 10.9 Å². The van der Waals surface area contributed by atoms with Gasteiger partial charge in [0.1, 0.15) is 5.92 Å². The van der Waals surface area contributed by atoms with Crippen LogP contribution in [-0.4, -0.2) is 35.7 Å². The van der Waals surface area contributed by atoms with Gasteiger partial charge >= 0.3 is 0 Å². The first-order valence-corrected chi connectivity index (χ1v) is 6.06. The Labute approximate surface area is 99.7 Å². The fraction of sp³-hybridized carbons (Fsp3) is 0.727. The first-order valence-electron chi connectivity index (χ1n) is 6.06. The van der Waals surface area contributed by atoms with E-state index in [4.69, 9.17) is 0 Å². The van der Waals surface area contributed by atoms with E-state index in [-0.39, 0.29) is 12.3 Å². The van der Waals surface area contributed by atoms with Crippen LogP contribution >= 0.6 is 0 Å². The van der Waals surface area contributed by atoms with Crippen molar-refractivity contribution >= 4 is 17.7 Å². The van der Waals surface area contributed by atoms with Crippen LogP contribution in [0.1, 0.15) is 32.1 Å². The summed E-state index contributed by atoms with van der Waals surface area (Å²) in [5.41, 5.74) is 4.46. The van der Waals surface area contributed by atoms with E-state index in [2.05, 4.69) is 10.9 Å². The maximum absolute atomic E-state index is 12.0. The molecule has 0 saturated carbocycles. The molecule has 2 heterocycles. The molecule has 2 N–H and O–H groups in total. The van der Waals surface area contributed by atoms with Gasteiger partial charge in [0.2, 0.25) is 5.91 Å². The Bertz CT molecular complexity index is 319. The molecular formula is C11H17N3O3. The zero-order chi connectivity index (χ0) is 12.3. The van der Waals surface area contributed by atoms with Crippen molar-refractivity contribution in [2.45, 2.75) is 32.1 Å². The topological polar surface area (TPSA) is 78.5 Å². The van der Waals surface area contributed by atoms with Gasteiger partial charge < -0.3 is 4.90 Å². The molecule has 0 spiro atoms. The minimum Gasteiger partial charge on any atom is -0.343 e. The van der Waals surface area contributed by atoms with Crippen LogP contribution in [0.25, 0.3) is 0 Å². The average Bonchev–Trinajstić information content (AvgIpc) is 2.59. The van der Waals surface area contributed by atoms with E-state index >= 15 is 0 Å². The average molecular weight is 239 g/mol. The van der Waals surface area contributed by atoms with Crippen LogP contribution in [0, 0.1) is 5.92 Å². The van der Waals surface area contributed by atoms with Gasteiger partial charge in [-0.1, -0.05) is 12.8 Å². The summed E-state index contributed by atoms with van der Waals surface area (Å²) in [6, 6.07) is 0. The molecule has 0 aromatic rings. The third-order valence-corrected chi connectivity index (χ3v) is 3.28. The molecule has 0 bridgehead atoms. The molecule has 2 rings (SSSR count). The number of hydrogen-bond donors (Lipinski definition) is 2. The van der Waals surface area contributed by atoms with E-state index in [0.29, 0.717) is 0 Å². The summed E-state index contributed by atoms with van der Waals surface area (Å²) < 4.78 is 0. The minimum atomic E-state index is -0.856. The molecule has 3 amide bonds. The number of nitrogens with one attached hydrogen (secondary N) is 2. The van der Waals surface area contributed by atoms with Gasteiger partial charge in [-0.25, -0.2) is 0 Å².